The van der Waals surface area contributed by atoms with Crippen molar-refractivity contribution in [3.05, 3.63) is 53.6 Å². The molecule has 0 aromatic heterocycles. The van der Waals surface area contributed by atoms with Crippen molar-refractivity contribution in [2.24, 2.45) is 5.10 Å². The summed E-state index contributed by atoms with van der Waals surface area (Å²) in [5, 5.41) is 17.5. The third-order valence-corrected chi connectivity index (χ3v) is 5.28. The average molecular weight is 446 g/mol. The van der Waals surface area contributed by atoms with Crippen molar-refractivity contribution in [1.82, 2.24) is 10.3 Å². The lowest BCUT2D eigenvalue weighted by Crippen LogP contribution is -2.40. The van der Waals surface area contributed by atoms with Crippen LogP contribution in [0.1, 0.15) is 31.9 Å². The molecule has 8 nitrogen and oxygen atoms in total. The number of rotatable bonds is 8. The van der Waals surface area contributed by atoms with Crippen LogP contribution in [0.25, 0.3) is 0 Å². The predicted molar refractivity (Wildman–Crippen MR) is 115 cm³/mol. The van der Waals surface area contributed by atoms with E-state index in [4.69, 9.17) is 0 Å². The Morgan fingerprint density at radius 1 is 1.19 bits per heavy atom. The first-order chi connectivity index (χ1) is 15.2. The van der Waals surface area contributed by atoms with Crippen LogP contribution in [0.4, 0.5) is 19.3 Å². The van der Waals surface area contributed by atoms with E-state index in [9.17, 15) is 23.5 Å². The number of urea groups is 1. The van der Waals surface area contributed by atoms with E-state index < -0.39 is 24.1 Å². The first-order valence-electron chi connectivity index (χ1n) is 10.0. The second kappa shape index (κ2) is 9.21. The first kappa shape index (κ1) is 23.0. The minimum atomic E-state index is -2.97. The number of ether oxygens (including phenoxy) is 1. The van der Waals surface area contributed by atoms with Gasteiger partial charge in [-0.05, 0) is 50.6 Å². The second-order valence-corrected chi connectivity index (χ2v) is 7.23. The number of phenols is 1. The van der Waals surface area contributed by atoms with E-state index in [1.807, 2.05) is 19.9 Å². The van der Waals surface area contributed by atoms with Crippen molar-refractivity contribution in [3.8, 4) is 11.5 Å². The number of carbonyl (C=O) groups excluding carboxylic acids is 2. The Balaban J connectivity index is 1.79. The Bertz CT molecular complexity index is 1030. The largest absolute Gasteiger partial charge is 0.507 e. The fraction of sp³-hybridized carbons (Fsp3) is 0.318. The smallest absolute Gasteiger partial charge is 0.387 e. The van der Waals surface area contributed by atoms with Crippen LogP contribution in [-0.2, 0) is 10.3 Å². The lowest BCUT2D eigenvalue weighted by atomic mass is 9.92. The summed E-state index contributed by atoms with van der Waals surface area (Å²) < 4.78 is 29.0. The van der Waals surface area contributed by atoms with Gasteiger partial charge in [0, 0.05) is 30.4 Å². The summed E-state index contributed by atoms with van der Waals surface area (Å²) in [5.41, 5.74) is 0.114. The molecule has 0 radical (unpaired) electrons. The lowest BCUT2D eigenvalue weighted by molar-refractivity contribution is -0.131. The molecule has 0 spiro atoms. The summed E-state index contributed by atoms with van der Waals surface area (Å²) in [6.45, 7) is 4.08. The highest BCUT2D eigenvalue weighted by Gasteiger charge is 2.49. The molecule has 32 heavy (non-hydrogen) atoms. The number of phenolic OH excluding ortho intramolecular Hbond substituents is 1. The third-order valence-electron chi connectivity index (χ3n) is 5.28. The molecule has 0 bridgehead atoms. The summed E-state index contributed by atoms with van der Waals surface area (Å²) in [5.74, 6) is -0.759. The van der Waals surface area contributed by atoms with Crippen molar-refractivity contribution < 1.29 is 28.2 Å². The Labute approximate surface area is 184 Å². The highest BCUT2D eigenvalue weighted by atomic mass is 19.3. The molecule has 10 heteroatoms. The second-order valence-electron chi connectivity index (χ2n) is 7.23. The van der Waals surface area contributed by atoms with Gasteiger partial charge in [0.05, 0.1) is 6.21 Å². The Kier molecular flexibility index (Phi) is 6.61. The number of carbonyl (C=O) groups is 2. The number of hydrazone groups is 1. The number of nitrogens with one attached hydrogen (secondary N) is 1. The van der Waals surface area contributed by atoms with E-state index in [0.717, 1.165) is 18.8 Å². The van der Waals surface area contributed by atoms with E-state index in [1.54, 1.807) is 12.1 Å². The molecule has 1 heterocycles. The number of aromatic hydroxyl groups is 1. The van der Waals surface area contributed by atoms with Crippen molar-refractivity contribution in [2.75, 3.05) is 18.0 Å². The highest BCUT2D eigenvalue weighted by Crippen LogP contribution is 2.31. The van der Waals surface area contributed by atoms with Crippen LogP contribution in [0.15, 0.2) is 47.6 Å². The maximum Gasteiger partial charge on any atom is 0.387 e. The van der Waals surface area contributed by atoms with Gasteiger partial charge in [0.15, 0.2) is 0 Å². The van der Waals surface area contributed by atoms with Gasteiger partial charge in [-0.25, -0.2) is 4.79 Å². The molecule has 1 saturated heterocycles. The van der Waals surface area contributed by atoms with Crippen LogP contribution in [0, 0.1) is 0 Å². The molecule has 1 fully saturated rings. The predicted octanol–water partition coefficient (Wildman–Crippen LogP) is 3.64. The molecular formula is C22H24F2N4O4. The van der Waals surface area contributed by atoms with Crippen molar-refractivity contribution in [2.45, 2.75) is 32.9 Å². The molecule has 170 valence electrons. The number of alkyl halides is 2. The van der Waals surface area contributed by atoms with Gasteiger partial charge in [-0.1, -0.05) is 12.1 Å². The van der Waals surface area contributed by atoms with E-state index in [1.165, 1.54) is 37.4 Å². The van der Waals surface area contributed by atoms with Crippen LogP contribution in [0.2, 0.25) is 0 Å². The van der Waals surface area contributed by atoms with Crippen LogP contribution >= 0.6 is 0 Å². The number of benzene rings is 2. The minimum Gasteiger partial charge on any atom is -0.507 e. The molecule has 3 rings (SSSR count). The Hall–Kier alpha value is -3.69. The fourth-order valence-corrected chi connectivity index (χ4v) is 3.44. The van der Waals surface area contributed by atoms with Gasteiger partial charge in [0.2, 0.25) is 0 Å². The fourth-order valence-electron chi connectivity index (χ4n) is 3.44. The van der Waals surface area contributed by atoms with Gasteiger partial charge in [-0.15, -0.1) is 5.01 Å². The molecule has 1 aliphatic rings. The minimum absolute atomic E-state index is 0.0393. The summed E-state index contributed by atoms with van der Waals surface area (Å²) in [7, 11) is 0. The molecular weight excluding hydrogens is 422 g/mol. The number of hydrogen-bond donors (Lipinski definition) is 2. The van der Waals surface area contributed by atoms with Gasteiger partial charge in [0.1, 0.15) is 17.0 Å². The first-order valence-corrected chi connectivity index (χ1v) is 10.0. The molecule has 0 saturated carbocycles. The van der Waals surface area contributed by atoms with Crippen LogP contribution < -0.4 is 15.0 Å². The van der Waals surface area contributed by atoms with Crippen LogP contribution in [0.5, 0.6) is 11.5 Å². The number of amides is 3. The number of imide groups is 1. The van der Waals surface area contributed by atoms with E-state index in [0.29, 0.717) is 16.1 Å². The van der Waals surface area contributed by atoms with Gasteiger partial charge < -0.3 is 20.1 Å². The molecule has 1 atom stereocenters. The zero-order valence-corrected chi connectivity index (χ0v) is 17.9. The maximum atomic E-state index is 12.9. The normalized spacial score (nSPS) is 18.5. The molecule has 2 aromatic rings. The Morgan fingerprint density at radius 3 is 2.41 bits per heavy atom. The van der Waals surface area contributed by atoms with E-state index in [2.05, 4.69) is 20.1 Å². The topological polar surface area (TPSA) is 94.5 Å². The molecule has 1 aliphatic heterocycles. The van der Waals surface area contributed by atoms with E-state index in [-0.39, 0.29) is 11.5 Å². The Morgan fingerprint density at radius 2 is 1.84 bits per heavy atom. The molecule has 2 aromatic carbocycles. The van der Waals surface area contributed by atoms with Gasteiger partial charge in [-0.2, -0.15) is 13.9 Å². The van der Waals surface area contributed by atoms with Crippen LogP contribution in [0.3, 0.4) is 0 Å². The number of hydrogen-bond acceptors (Lipinski definition) is 6. The highest BCUT2D eigenvalue weighted by molar-refractivity contribution is 6.07. The van der Waals surface area contributed by atoms with Crippen molar-refractivity contribution >= 4 is 23.8 Å². The van der Waals surface area contributed by atoms with Gasteiger partial charge in [0.25, 0.3) is 5.91 Å². The number of nitrogens with zero attached hydrogens (tertiary/aromatic N) is 3. The molecule has 0 unspecified atom stereocenters. The lowest BCUT2D eigenvalue weighted by Gasteiger charge is -2.21. The maximum absolute atomic E-state index is 12.9. The summed E-state index contributed by atoms with van der Waals surface area (Å²) in [6.07, 6.45) is 1.23. The zero-order valence-electron chi connectivity index (χ0n) is 17.9. The summed E-state index contributed by atoms with van der Waals surface area (Å²) in [4.78, 5) is 27.4. The number of anilines is 1. The number of halogens is 2. The monoisotopic (exact) mass is 446 g/mol. The average Bonchev–Trinajstić information content (AvgIpc) is 2.97. The zero-order chi connectivity index (χ0) is 23.5. The molecule has 0 aliphatic carbocycles. The summed E-state index contributed by atoms with van der Waals surface area (Å²) in [6, 6.07) is 9.70. The van der Waals surface area contributed by atoms with Gasteiger partial charge >= 0.3 is 12.6 Å². The molecule has 3 amide bonds. The van der Waals surface area contributed by atoms with Crippen molar-refractivity contribution in [1.29, 1.82) is 0 Å². The van der Waals surface area contributed by atoms with E-state index >= 15 is 0 Å². The SMILES string of the molecule is CCN(CC)c1ccc(/C=N\N2C(=O)N[C@](C)(c3ccc(OC(F)F)cc3)C2=O)c(O)c1. The van der Waals surface area contributed by atoms with Crippen molar-refractivity contribution in [3.63, 3.8) is 0 Å². The third kappa shape index (κ3) is 4.48. The molecule has 2 N–H and O–H groups in total. The standard InChI is InChI=1S/C22H24F2N4O4/c1-4-27(5-2)16-9-6-14(18(29)12-16)13-25-28-19(30)22(3,26-21(28)31)15-7-10-17(11-8-15)32-20(23)24/h6-13,20,29H,4-5H2,1-3H3,(H,26,31)/b25-13-/t22-/m1/s1. The summed E-state index contributed by atoms with van der Waals surface area (Å²) >= 11 is 0. The van der Waals surface area contributed by atoms with Crippen LogP contribution in [-0.4, -0.2) is 48.0 Å². The quantitative estimate of drug-likeness (QED) is 0.477. The van der Waals surface area contributed by atoms with Gasteiger partial charge in [-0.3, -0.25) is 4.79 Å².